The van der Waals surface area contributed by atoms with Crippen molar-refractivity contribution in [1.82, 2.24) is 9.78 Å². The second-order valence-electron chi connectivity index (χ2n) is 6.55. The molecule has 0 saturated heterocycles. The number of carbonyl (C=O) groups excluding carboxylic acids is 2. The van der Waals surface area contributed by atoms with Crippen molar-refractivity contribution < 1.29 is 14.3 Å². The van der Waals surface area contributed by atoms with E-state index < -0.39 is 5.97 Å². The van der Waals surface area contributed by atoms with Gasteiger partial charge in [0.05, 0.1) is 24.1 Å². The van der Waals surface area contributed by atoms with Crippen LogP contribution >= 0.6 is 0 Å². The molecule has 0 saturated carbocycles. The largest absolute Gasteiger partial charge is 0.465 e. The van der Waals surface area contributed by atoms with Gasteiger partial charge in [-0.25, -0.2) is 9.48 Å². The zero-order chi connectivity index (χ0) is 20.9. The number of hydrogen-bond donors (Lipinski definition) is 1. The van der Waals surface area contributed by atoms with Gasteiger partial charge in [-0.15, -0.1) is 0 Å². The number of esters is 1. The number of carbonyl (C=O) groups is 2. The minimum absolute atomic E-state index is 0.337. The third kappa shape index (κ3) is 3.98. The van der Waals surface area contributed by atoms with Gasteiger partial charge in [0.15, 0.2) is 0 Å². The standard InChI is InChI=1S/C24H19N3O3/c1-30-24(29)18-11-8-12-19(15-18)25-23(28)22-16-21(17-9-4-2-5-10-17)26-27(22)20-13-6-3-7-14-20/h2-16H,1H3,(H,25,28). The summed E-state index contributed by atoms with van der Waals surface area (Å²) in [6, 6.07) is 27.5. The predicted molar refractivity (Wildman–Crippen MR) is 115 cm³/mol. The van der Waals surface area contributed by atoms with Crippen molar-refractivity contribution >= 4 is 17.6 Å². The van der Waals surface area contributed by atoms with Crippen molar-refractivity contribution in [3.05, 3.63) is 102 Å². The molecule has 0 fully saturated rings. The highest BCUT2D eigenvalue weighted by molar-refractivity contribution is 6.04. The van der Waals surface area contributed by atoms with Crippen LogP contribution in [0.5, 0.6) is 0 Å². The molecule has 148 valence electrons. The van der Waals surface area contributed by atoms with E-state index in [0.717, 1.165) is 11.3 Å². The molecule has 30 heavy (non-hydrogen) atoms. The average molecular weight is 397 g/mol. The van der Waals surface area contributed by atoms with Crippen molar-refractivity contribution in [3.8, 4) is 16.9 Å². The van der Waals surface area contributed by atoms with E-state index in [-0.39, 0.29) is 5.91 Å². The summed E-state index contributed by atoms with van der Waals surface area (Å²) < 4.78 is 6.36. The SMILES string of the molecule is COC(=O)c1cccc(NC(=O)c2cc(-c3ccccc3)nn2-c2ccccc2)c1. The van der Waals surface area contributed by atoms with E-state index in [0.29, 0.717) is 22.6 Å². The molecule has 1 amide bonds. The molecule has 1 N–H and O–H groups in total. The number of anilines is 1. The van der Waals surface area contributed by atoms with E-state index in [1.807, 2.05) is 60.7 Å². The quantitative estimate of drug-likeness (QED) is 0.501. The first-order chi connectivity index (χ1) is 14.7. The zero-order valence-electron chi connectivity index (χ0n) is 16.3. The fraction of sp³-hybridized carbons (Fsp3) is 0.0417. The van der Waals surface area contributed by atoms with Crippen LogP contribution in [0.1, 0.15) is 20.8 Å². The van der Waals surface area contributed by atoms with Gasteiger partial charge in [-0.05, 0) is 36.4 Å². The summed E-state index contributed by atoms with van der Waals surface area (Å²) in [7, 11) is 1.32. The monoisotopic (exact) mass is 397 g/mol. The van der Waals surface area contributed by atoms with Crippen molar-refractivity contribution in [2.45, 2.75) is 0 Å². The Bertz CT molecular complexity index is 1180. The van der Waals surface area contributed by atoms with Crippen LogP contribution < -0.4 is 5.32 Å². The number of amides is 1. The van der Waals surface area contributed by atoms with Gasteiger partial charge in [-0.1, -0.05) is 54.6 Å². The summed E-state index contributed by atoms with van der Waals surface area (Å²) in [5.74, 6) is -0.803. The first-order valence-electron chi connectivity index (χ1n) is 9.36. The summed E-state index contributed by atoms with van der Waals surface area (Å²) in [6.07, 6.45) is 0. The molecule has 4 rings (SSSR count). The van der Waals surface area contributed by atoms with Crippen LogP contribution in [0, 0.1) is 0 Å². The normalized spacial score (nSPS) is 10.4. The van der Waals surface area contributed by atoms with E-state index in [1.54, 1.807) is 35.0 Å². The number of aromatic nitrogens is 2. The van der Waals surface area contributed by atoms with E-state index in [2.05, 4.69) is 10.4 Å². The molecular formula is C24H19N3O3. The molecule has 4 aromatic rings. The summed E-state index contributed by atoms with van der Waals surface area (Å²) in [4.78, 5) is 24.9. The molecule has 1 heterocycles. The highest BCUT2D eigenvalue weighted by Gasteiger charge is 2.18. The molecule has 0 unspecified atom stereocenters. The Labute approximate surface area is 173 Å². The van der Waals surface area contributed by atoms with Crippen LogP contribution in [-0.2, 0) is 4.74 Å². The fourth-order valence-corrected chi connectivity index (χ4v) is 3.10. The molecule has 0 aliphatic rings. The lowest BCUT2D eigenvalue weighted by Crippen LogP contribution is -2.17. The Morgan fingerprint density at radius 2 is 1.57 bits per heavy atom. The van der Waals surface area contributed by atoms with Crippen LogP contribution in [0.2, 0.25) is 0 Å². The van der Waals surface area contributed by atoms with Crippen LogP contribution in [0.15, 0.2) is 91.0 Å². The summed E-state index contributed by atoms with van der Waals surface area (Å²) in [5, 5.41) is 7.50. The van der Waals surface area contributed by atoms with Gasteiger partial charge in [-0.3, -0.25) is 4.79 Å². The number of rotatable bonds is 5. The molecule has 0 atom stereocenters. The Kier molecular flexibility index (Phi) is 5.39. The third-order valence-corrected chi connectivity index (χ3v) is 4.55. The topological polar surface area (TPSA) is 73.2 Å². The van der Waals surface area contributed by atoms with Crippen molar-refractivity contribution in [2.24, 2.45) is 0 Å². The highest BCUT2D eigenvalue weighted by Crippen LogP contribution is 2.23. The number of para-hydroxylation sites is 1. The lowest BCUT2D eigenvalue weighted by atomic mass is 10.1. The number of benzene rings is 3. The first-order valence-corrected chi connectivity index (χ1v) is 9.36. The molecule has 0 aliphatic carbocycles. The third-order valence-electron chi connectivity index (χ3n) is 4.55. The minimum atomic E-state index is -0.466. The molecule has 6 heteroatoms. The van der Waals surface area contributed by atoms with Gasteiger partial charge in [0.25, 0.3) is 5.91 Å². The van der Waals surface area contributed by atoms with E-state index in [9.17, 15) is 9.59 Å². The van der Waals surface area contributed by atoms with E-state index in [4.69, 9.17) is 4.74 Å². The van der Waals surface area contributed by atoms with Gasteiger partial charge in [0.1, 0.15) is 5.69 Å². The minimum Gasteiger partial charge on any atom is -0.465 e. The van der Waals surface area contributed by atoms with E-state index in [1.165, 1.54) is 7.11 Å². The lowest BCUT2D eigenvalue weighted by molar-refractivity contribution is 0.0600. The second kappa shape index (κ2) is 8.45. The van der Waals surface area contributed by atoms with Gasteiger partial charge in [0.2, 0.25) is 0 Å². The van der Waals surface area contributed by atoms with Crippen LogP contribution in [-0.4, -0.2) is 28.8 Å². The number of nitrogens with one attached hydrogen (secondary N) is 1. The first kappa shape index (κ1) is 19.1. The highest BCUT2D eigenvalue weighted by atomic mass is 16.5. The predicted octanol–water partition coefficient (Wildman–Crippen LogP) is 4.58. The Morgan fingerprint density at radius 3 is 2.27 bits per heavy atom. The Hall–Kier alpha value is -4.19. The van der Waals surface area contributed by atoms with Crippen LogP contribution in [0.3, 0.4) is 0 Å². The maximum Gasteiger partial charge on any atom is 0.337 e. The van der Waals surface area contributed by atoms with Crippen molar-refractivity contribution in [1.29, 1.82) is 0 Å². The van der Waals surface area contributed by atoms with Crippen molar-refractivity contribution in [3.63, 3.8) is 0 Å². The Balaban J connectivity index is 1.71. The lowest BCUT2D eigenvalue weighted by Gasteiger charge is -2.09. The van der Waals surface area contributed by atoms with Gasteiger partial charge in [0, 0.05) is 11.3 Å². The van der Waals surface area contributed by atoms with Crippen LogP contribution in [0.4, 0.5) is 5.69 Å². The molecule has 3 aromatic carbocycles. The number of hydrogen-bond acceptors (Lipinski definition) is 4. The van der Waals surface area contributed by atoms with Gasteiger partial charge >= 0.3 is 5.97 Å². The molecule has 0 radical (unpaired) electrons. The molecule has 6 nitrogen and oxygen atoms in total. The second-order valence-corrected chi connectivity index (χ2v) is 6.55. The van der Waals surface area contributed by atoms with Gasteiger partial charge in [-0.2, -0.15) is 5.10 Å². The number of ether oxygens (including phenoxy) is 1. The molecule has 0 bridgehead atoms. The number of methoxy groups -OCH3 is 1. The molecular weight excluding hydrogens is 378 g/mol. The smallest absolute Gasteiger partial charge is 0.337 e. The number of nitrogens with zero attached hydrogens (tertiary/aromatic N) is 2. The summed E-state index contributed by atoms with van der Waals surface area (Å²) in [5.41, 5.74) is 3.60. The maximum atomic E-state index is 13.1. The summed E-state index contributed by atoms with van der Waals surface area (Å²) >= 11 is 0. The average Bonchev–Trinajstić information content (AvgIpc) is 3.26. The maximum absolute atomic E-state index is 13.1. The fourth-order valence-electron chi connectivity index (χ4n) is 3.10. The van der Waals surface area contributed by atoms with Crippen LogP contribution in [0.25, 0.3) is 16.9 Å². The van der Waals surface area contributed by atoms with E-state index >= 15 is 0 Å². The zero-order valence-corrected chi connectivity index (χ0v) is 16.3. The van der Waals surface area contributed by atoms with Gasteiger partial charge < -0.3 is 10.1 Å². The Morgan fingerprint density at radius 1 is 0.867 bits per heavy atom. The molecule has 1 aromatic heterocycles. The van der Waals surface area contributed by atoms with Crippen molar-refractivity contribution in [2.75, 3.05) is 12.4 Å². The molecule has 0 spiro atoms. The molecule has 0 aliphatic heterocycles. The summed E-state index contributed by atoms with van der Waals surface area (Å²) in [6.45, 7) is 0.